The second-order valence-electron chi connectivity index (χ2n) is 8.02. The Kier molecular flexibility index (Phi) is 5.26. The molecule has 1 aromatic heterocycles. The van der Waals surface area contributed by atoms with Crippen LogP contribution in [0.3, 0.4) is 0 Å². The van der Waals surface area contributed by atoms with Gasteiger partial charge >= 0.3 is 6.09 Å². The van der Waals surface area contributed by atoms with Gasteiger partial charge in [-0.15, -0.1) is 0 Å². The molecule has 1 atom stereocenters. The molecule has 6 nitrogen and oxygen atoms in total. The summed E-state index contributed by atoms with van der Waals surface area (Å²) >= 11 is 0. The highest BCUT2D eigenvalue weighted by molar-refractivity contribution is 5.82. The second-order valence-corrected chi connectivity index (χ2v) is 8.02. The first-order chi connectivity index (χ1) is 12.7. The van der Waals surface area contributed by atoms with Gasteiger partial charge in [0.2, 0.25) is 0 Å². The van der Waals surface area contributed by atoms with Crippen LogP contribution in [0.4, 0.5) is 16.3 Å². The summed E-state index contributed by atoms with van der Waals surface area (Å²) < 4.78 is 5.43. The molecule has 6 heteroatoms. The van der Waals surface area contributed by atoms with Crippen LogP contribution in [0.2, 0.25) is 0 Å². The number of pyridine rings is 1. The molecule has 0 bridgehead atoms. The van der Waals surface area contributed by atoms with Crippen LogP contribution in [-0.4, -0.2) is 16.7 Å². The lowest BCUT2D eigenvalue weighted by Gasteiger charge is -2.24. The van der Waals surface area contributed by atoms with Crippen LogP contribution >= 0.6 is 0 Å². The Bertz CT molecular complexity index is 843. The van der Waals surface area contributed by atoms with Crippen LogP contribution in [0.5, 0.6) is 0 Å². The molecule has 1 aliphatic rings. The number of alkyl carbamates (subject to hydrolysis) is 1. The maximum Gasteiger partial charge on any atom is 0.408 e. The molecule has 1 unspecified atom stereocenters. The first-order valence-corrected chi connectivity index (χ1v) is 9.37. The molecule has 2 aromatic rings. The number of fused-ring (bicyclic) bond motifs is 1. The van der Waals surface area contributed by atoms with Crippen LogP contribution in [0, 0.1) is 0 Å². The molecule has 0 spiro atoms. The van der Waals surface area contributed by atoms with Gasteiger partial charge in [-0.05, 0) is 62.8 Å². The molecule has 144 valence electrons. The number of amides is 1. The number of nitrogens with two attached hydrogens (primary N) is 2. The first-order valence-electron chi connectivity index (χ1n) is 9.37. The number of nitrogen functional groups attached to an aromatic ring is 2. The van der Waals surface area contributed by atoms with Gasteiger partial charge in [0.25, 0.3) is 0 Å². The summed E-state index contributed by atoms with van der Waals surface area (Å²) in [4.78, 5) is 16.3. The average molecular weight is 368 g/mol. The molecule has 0 aliphatic heterocycles. The predicted molar refractivity (Wildman–Crippen MR) is 108 cm³/mol. The van der Waals surface area contributed by atoms with E-state index >= 15 is 0 Å². The smallest absolute Gasteiger partial charge is 0.408 e. The van der Waals surface area contributed by atoms with E-state index in [-0.39, 0.29) is 12.1 Å². The number of ether oxygens (including phenoxy) is 1. The summed E-state index contributed by atoms with van der Waals surface area (Å²) in [5.41, 5.74) is 16.2. The Morgan fingerprint density at radius 3 is 2.74 bits per heavy atom. The van der Waals surface area contributed by atoms with Gasteiger partial charge in [-0.1, -0.05) is 24.6 Å². The Balaban J connectivity index is 1.89. The van der Waals surface area contributed by atoms with Crippen LogP contribution in [0.15, 0.2) is 30.5 Å². The largest absolute Gasteiger partial charge is 0.444 e. The normalized spacial score (nSPS) is 16.9. The van der Waals surface area contributed by atoms with E-state index in [9.17, 15) is 4.79 Å². The maximum atomic E-state index is 12.2. The minimum atomic E-state index is -0.514. The number of anilines is 2. The Morgan fingerprint density at radius 2 is 2.00 bits per heavy atom. The van der Waals surface area contributed by atoms with E-state index in [2.05, 4.69) is 22.4 Å². The lowest BCUT2D eigenvalue weighted by atomic mass is 9.94. The Labute approximate surface area is 160 Å². The monoisotopic (exact) mass is 368 g/mol. The van der Waals surface area contributed by atoms with Crippen molar-refractivity contribution in [2.24, 2.45) is 0 Å². The fraction of sp³-hybridized carbons (Fsp3) is 0.429. The molecular formula is C21H28N4O2. The summed E-state index contributed by atoms with van der Waals surface area (Å²) in [7, 11) is 0. The van der Waals surface area contributed by atoms with Crippen molar-refractivity contribution in [3.63, 3.8) is 0 Å². The highest BCUT2D eigenvalue weighted by Crippen LogP contribution is 2.35. The molecule has 0 saturated heterocycles. The predicted octanol–water partition coefficient (Wildman–Crippen LogP) is 4.21. The van der Waals surface area contributed by atoms with E-state index < -0.39 is 5.60 Å². The zero-order valence-corrected chi connectivity index (χ0v) is 16.2. The minimum Gasteiger partial charge on any atom is -0.444 e. The quantitative estimate of drug-likeness (QED) is 0.689. The fourth-order valence-electron chi connectivity index (χ4n) is 3.49. The molecule has 0 fully saturated rings. The molecule has 0 saturated carbocycles. The summed E-state index contributed by atoms with van der Waals surface area (Å²) in [6.07, 6.45) is 5.28. The SMILES string of the molecule is CC(C)(C)OC(=O)NC1CCCCc2cc(-c3ccnc(N)c3N)ccc21. The zero-order valence-electron chi connectivity index (χ0n) is 16.2. The molecule has 1 aliphatic carbocycles. The summed E-state index contributed by atoms with van der Waals surface area (Å²) in [5.74, 6) is 0.340. The van der Waals surface area contributed by atoms with Crippen molar-refractivity contribution in [2.75, 3.05) is 11.5 Å². The number of carbonyl (C=O) groups is 1. The van der Waals surface area contributed by atoms with E-state index in [4.69, 9.17) is 16.2 Å². The van der Waals surface area contributed by atoms with Gasteiger partial charge in [0, 0.05) is 11.8 Å². The minimum absolute atomic E-state index is 0.0498. The molecule has 5 N–H and O–H groups in total. The summed E-state index contributed by atoms with van der Waals surface area (Å²) in [6.45, 7) is 5.60. The number of nitrogens with zero attached hydrogens (tertiary/aromatic N) is 1. The van der Waals surface area contributed by atoms with Crippen molar-refractivity contribution >= 4 is 17.6 Å². The maximum absolute atomic E-state index is 12.2. The fourth-order valence-corrected chi connectivity index (χ4v) is 3.49. The third kappa shape index (κ3) is 4.51. The van der Waals surface area contributed by atoms with Gasteiger partial charge in [0.15, 0.2) is 0 Å². The summed E-state index contributed by atoms with van der Waals surface area (Å²) in [5, 5.41) is 3.04. The number of benzene rings is 1. The van der Waals surface area contributed by atoms with Crippen LogP contribution in [-0.2, 0) is 11.2 Å². The van der Waals surface area contributed by atoms with Crippen molar-refractivity contribution in [1.82, 2.24) is 10.3 Å². The van der Waals surface area contributed by atoms with Crippen molar-refractivity contribution in [3.05, 3.63) is 41.6 Å². The highest BCUT2D eigenvalue weighted by atomic mass is 16.6. The number of hydrogen-bond donors (Lipinski definition) is 3. The van der Waals surface area contributed by atoms with Crippen molar-refractivity contribution in [3.8, 4) is 11.1 Å². The topological polar surface area (TPSA) is 103 Å². The molecule has 27 heavy (non-hydrogen) atoms. The zero-order chi connectivity index (χ0) is 19.6. The lowest BCUT2D eigenvalue weighted by Crippen LogP contribution is -2.35. The van der Waals surface area contributed by atoms with E-state index in [0.717, 1.165) is 42.4 Å². The Hall–Kier alpha value is -2.76. The standard InChI is InChI=1S/C21H28N4O2/c1-21(2,3)27-20(26)25-17-7-5-4-6-13-12-14(8-9-15(13)17)16-10-11-24-19(23)18(16)22/h8-12,17H,4-7,22H2,1-3H3,(H2,23,24)(H,25,26). The average Bonchev–Trinajstić information content (AvgIpc) is 2.77. The van der Waals surface area contributed by atoms with Gasteiger partial charge in [-0.3, -0.25) is 0 Å². The van der Waals surface area contributed by atoms with Crippen molar-refractivity contribution < 1.29 is 9.53 Å². The number of aryl methyl sites for hydroxylation is 1. The number of hydrogen-bond acceptors (Lipinski definition) is 5. The summed E-state index contributed by atoms with van der Waals surface area (Å²) in [6, 6.07) is 8.08. The van der Waals surface area contributed by atoms with Crippen LogP contribution < -0.4 is 16.8 Å². The Morgan fingerprint density at radius 1 is 1.22 bits per heavy atom. The van der Waals surface area contributed by atoms with Crippen molar-refractivity contribution in [1.29, 1.82) is 0 Å². The van der Waals surface area contributed by atoms with Crippen LogP contribution in [0.1, 0.15) is 57.2 Å². The van der Waals surface area contributed by atoms with Crippen molar-refractivity contribution in [2.45, 2.75) is 58.1 Å². The number of carbonyl (C=O) groups excluding carboxylic acids is 1. The third-order valence-corrected chi connectivity index (χ3v) is 4.73. The molecule has 1 heterocycles. The van der Waals surface area contributed by atoms with E-state index in [1.54, 1.807) is 6.20 Å². The van der Waals surface area contributed by atoms with E-state index in [1.165, 1.54) is 5.56 Å². The van der Waals surface area contributed by atoms with Gasteiger partial charge in [0.05, 0.1) is 11.7 Å². The van der Waals surface area contributed by atoms with Gasteiger partial charge < -0.3 is 21.5 Å². The van der Waals surface area contributed by atoms with E-state index in [1.807, 2.05) is 32.9 Å². The molecule has 1 aromatic carbocycles. The molecule has 3 rings (SSSR count). The van der Waals surface area contributed by atoms with Crippen LogP contribution in [0.25, 0.3) is 11.1 Å². The molecular weight excluding hydrogens is 340 g/mol. The third-order valence-electron chi connectivity index (χ3n) is 4.73. The number of aromatic nitrogens is 1. The second kappa shape index (κ2) is 7.47. The highest BCUT2D eigenvalue weighted by Gasteiger charge is 2.24. The van der Waals surface area contributed by atoms with Gasteiger partial charge in [-0.2, -0.15) is 0 Å². The molecule has 1 amide bonds. The lowest BCUT2D eigenvalue weighted by molar-refractivity contribution is 0.0501. The number of rotatable bonds is 2. The van der Waals surface area contributed by atoms with E-state index in [0.29, 0.717) is 11.5 Å². The van der Waals surface area contributed by atoms with Gasteiger partial charge in [-0.25, -0.2) is 9.78 Å². The molecule has 0 radical (unpaired) electrons. The first kappa shape index (κ1) is 19.0. The number of nitrogens with one attached hydrogen (secondary N) is 1. The van der Waals surface area contributed by atoms with Gasteiger partial charge in [0.1, 0.15) is 11.4 Å².